The Kier molecular flexibility index (Phi) is 6.19. The summed E-state index contributed by atoms with van der Waals surface area (Å²) in [5.41, 5.74) is 1.61. The number of sulfone groups is 1. The lowest BCUT2D eigenvalue weighted by molar-refractivity contribution is 0.0931. The van der Waals surface area contributed by atoms with Crippen molar-refractivity contribution in [3.8, 4) is 0 Å². The number of nitrogens with one attached hydrogen (secondary N) is 2. The zero-order valence-corrected chi connectivity index (χ0v) is 16.7. The van der Waals surface area contributed by atoms with Crippen LogP contribution in [0.25, 0.3) is 0 Å². The first-order chi connectivity index (χ1) is 12.8. The first kappa shape index (κ1) is 19.9. The van der Waals surface area contributed by atoms with E-state index in [-0.39, 0.29) is 22.9 Å². The molecule has 0 spiro atoms. The van der Waals surface area contributed by atoms with E-state index < -0.39 is 9.84 Å². The second-order valence-corrected chi connectivity index (χ2v) is 9.37. The van der Waals surface area contributed by atoms with Gasteiger partial charge in [0.15, 0.2) is 9.84 Å². The van der Waals surface area contributed by atoms with Crippen molar-refractivity contribution >= 4 is 27.3 Å². The Bertz CT molecular complexity index is 896. The smallest absolute Gasteiger partial charge is 0.251 e. The van der Waals surface area contributed by atoms with Gasteiger partial charge in [0.25, 0.3) is 5.91 Å². The third-order valence-electron chi connectivity index (χ3n) is 4.86. The summed E-state index contributed by atoms with van der Waals surface area (Å²) in [5, 5.41) is 7.31. The lowest BCUT2D eigenvalue weighted by atomic mass is 10.1. The number of rotatable bonds is 6. The molecule has 1 fully saturated rings. The normalized spacial score (nSPS) is 19.8. The van der Waals surface area contributed by atoms with E-state index in [2.05, 4.69) is 10.6 Å². The van der Waals surface area contributed by atoms with Gasteiger partial charge in [-0.3, -0.25) is 4.79 Å². The number of amides is 1. The van der Waals surface area contributed by atoms with E-state index >= 15 is 0 Å². The summed E-state index contributed by atoms with van der Waals surface area (Å²) in [4.78, 5) is 12.7. The highest BCUT2D eigenvalue weighted by Crippen LogP contribution is 2.21. The van der Waals surface area contributed by atoms with Gasteiger partial charge in [-0.25, -0.2) is 8.42 Å². The van der Waals surface area contributed by atoms with E-state index in [0.717, 1.165) is 37.6 Å². The summed E-state index contributed by atoms with van der Waals surface area (Å²) >= 11 is 5.91. The van der Waals surface area contributed by atoms with Crippen LogP contribution in [0.2, 0.25) is 5.02 Å². The van der Waals surface area contributed by atoms with Crippen molar-refractivity contribution < 1.29 is 13.2 Å². The van der Waals surface area contributed by atoms with Gasteiger partial charge < -0.3 is 10.6 Å². The van der Waals surface area contributed by atoms with Crippen molar-refractivity contribution in [1.29, 1.82) is 0 Å². The molecule has 2 aromatic rings. The van der Waals surface area contributed by atoms with E-state index in [1.54, 1.807) is 12.1 Å². The molecule has 0 aliphatic heterocycles. The molecule has 2 atom stereocenters. The number of hydrogen-bond acceptors (Lipinski definition) is 4. The lowest BCUT2D eigenvalue weighted by Gasteiger charge is -2.22. The molecule has 2 N–H and O–H groups in total. The van der Waals surface area contributed by atoms with Gasteiger partial charge in [0, 0.05) is 35.5 Å². The zero-order valence-electron chi connectivity index (χ0n) is 15.1. The fourth-order valence-electron chi connectivity index (χ4n) is 3.33. The van der Waals surface area contributed by atoms with E-state index in [9.17, 15) is 13.2 Å². The predicted molar refractivity (Wildman–Crippen MR) is 107 cm³/mol. The van der Waals surface area contributed by atoms with Crippen LogP contribution in [0, 0.1) is 0 Å². The molecule has 1 unspecified atom stereocenters. The third-order valence-corrected chi connectivity index (χ3v) is 6.24. The Morgan fingerprint density at radius 1 is 1.04 bits per heavy atom. The molecule has 7 heteroatoms. The number of halogens is 1. The Hall–Kier alpha value is -1.89. The summed E-state index contributed by atoms with van der Waals surface area (Å²) < 4.78 is 23.1. The van der Waals surface area contributed by atoms with Crippen LogP contribution < -0.4 is 10.6 Å². The Labute approximate surface area is 165 Å². The topological polar surface area (TPSA) is 75.3 Å². The average Bonchev–Trinajstić information content (AvgIpc) is 3.07. The second-order valence-electron chi connectivity index (χ2n) is 6.92. The van der Waals surface area contributed by atoms with Gasteiger partial charge in [0.2, 0.25) is 0 Å². The maximum atomic E-state index is 12.5. The molecule has 144 valence electrons. The molecular weight excluding hydrogens is 384 g/mol. The first-order valence-electron chi connectivity index (χ1n) is 8.92. The van der Waals surface area contributed by atoms with E-state index in [1.807, 2.05) is 24.3 Å². The van der Waals surface area contributed by atoms with Gasteiger partial charge in [-0.1, -0.05) is 23.7 Å². The van der Waals surface area contributed by atoms with Crippen molar-refractivity contribution in [2.24, 2.45) is 0 Å². The number of carbonyl (C=O) groups excluding carboxylic acids is 1. The molecule has 1 aliphatic carbocycles. The molecule has 27 heavy (non-hydrogen) atoms. The molecule has 0 saturated heterocycles. The summed E-state index contributed by atoms with van der Waals surface area (Å²) in [7, 11) is -3.26. The maximum absolute atomic E-state index is 12.5. The first-order valence-corrected chi connectivity index (χ1v) is 11.2. The van der Waals surface area contributed by atoms with Crippen LogP contribution in [0.1, 0.15) is 35.2 Å². The van der Waals surface area contributed by atoms with Crippen molar-refractivity contribution in [1.82, 2.24) is 10.6 Å². The van der Waals surface area contributed by atoms with Gasteiger partial charge in [0.05, 0.1) is 4.90 Å². The Balaban J connectivity index is 1.58. The van der Waals surface area contributed by atoms with Crippen LogP contribution in [-0.4, -0.2) is 32.7 Å². The molecule has 2 aromatic carbocycles. The van der Waals surface area contributed by atoms with Gasteiger partial charge in [-0.15, -0.1) is 0 Å². The summed E-state index contributed by atoms with van der Waals surface area (Å²) in [6.07, 6.45) is 4.13. The van der Waals surface area contributed by atoms with E-state index in [1.165, 1.54) is 12.1 Å². The third kappa shape index (κ3) is 5.31. The molecule has 1 saturated carbocycles. The van der Waals surface area contributed by atoms with Crippen LogP contribution in [0.15, 0.2) is 53.4 Å². The minimum atomic E-state index is -3.26. The number of carbonyl (C=O) groups is 1. The molecule has 5 nitrogen and oxygen atoms in total. The van der Waals surface area contributed by atoms with Gasteiger partial charge in [-0.2, -0.15) is 0 Å². The van der Waals surface area contributed by atoms with Crippen LogP contribution in [0.5, 0.6) is 0 Å². The minimum absolute atomic E-state index is 0.0550. The summed E-state index contributed by atoms with van der Waals surface area (Å²) in [6, 6.07) is 14.0. The number of benzene rings is 2. The van der Waals surface area contributed by atoms with Crippen LogP contribution >= 0.6 is 11.6 Å². The van der Waals surface area contributed by atoms with Gasteiger partial charge >= 0.3 is 0 Å². The summed E-state index contributed by atoms with van der Waals surface area (Å²) in [6.45, 7) is 0.720. The van der Waals surface area contributed by atoms with Crippen molar-refractivity contribution in [3.05, 3.63) is 64.7 Å². The second kappa shape index (κ2) is 8.42. The largest absolute Gasteiger partial charge is 0.348 e. The maximum Gasteiger partial charge on any atom is 0.251 e. The predicted octanol–water partition coefficient (Wildman–Crippen LogP) is 3.18. The molecule has 3 rings (SSSR count). The standard InChI is InChI=1S/C20H23ClN2O3S/c1-27(25,26)17-11-7-15(8-12-17)20(24)23-19-4-2-3-18(19)22-13-14-5-9-16(21)10-6-14/h5-12,18-19,22H,2-4,13H2,1H3,(H,23,24)/t18?,19-/m1/s1. The zero-order chi connectivity index (χ0) is 19.4. The molecular formula is C20H23ClN2O3S. The Morgan fingerprint density at radius 3 is 2.30 bits per heavy atom. The lowest BCUT2D eigenvalue weighted by Crippen LogP contribution is -2.46. The molecule has 1 amide bonds. The quantitative estimate of drug-likeness (QED) is 0.772. The van der Waals surface area contributed by atoms with Gasteiger partial charge in [-0.05, 0) is 61.2 Å². The number of hydrogen-bond donors (Lipinski definition) is 2. The fraction of sp³-hybridized carbons (Fsp3) is 0.350. The molecule has 0 aromatic heterocycles. The molecule has 0 radical (unpaired) electrons. The van der Waals surface area contributed by atoms with Crippen LogP contribution in [-0.2, 0) is 16.4 Å². The van der Waals surface area contributed by atoms with E-state index in [0.29, 0.717) is 10.6 Å². The summed E-state index contributed by atoms with van der Waals surface area (Å²) in [5.74, 6) is -0.180. The highest BCUT2D eigenvalue weighted by atomic mass is 35.5. The fourth-order valence-corrected chi connectivity index (χ4v) is 4.09. The monoisotopic (exact) mass is 406 g/mol. The highest BCUT2D eigenvalue weighted by molar-refractivity contribution is 7.90. The van der Waals surface area contributed by atoms with E-state index in [4.69, 9.17) is 11.6 Å². The van der Waals surface area contributed by atoms with Crippen molar-refractivity contribution in [2.45, 2.75) is 42.8 Å². The van der Waals surface area contributed by atoms with Crippen LogP contribution in [0.4, 0.5) is 0 Å². The van der Waals surface area contributed by atoms with Crippen molar-refractivity contribution in [2.75, 3.05) is 6.26 Å². The molecule has 1 aliphatic rings. The van der Waals surface area contributed by atoms with Crippen molar-refractivity contribution in [3.63, 3.8) is 0 Å². The Morgan fingerprint density at radius 2 is 1.67 bits per heavy atom. The highest BCUT2D eigenvalue weighted by Gasteiger charge is 2.28. The molecule has 0 heterocycles. The average molecular weight is 407 g/mol. The van der Waals surface area contributed by atoms with Gasteiger partial charge in [0.1, 0.15) is 0 Å². The minimum Gasteiger partial charge on any atom is -0.348 e. The SMILES string of the molecule is CS(=O)(=O)c1ccc(C(=O)N[C@@H]2CCCC2NCc2ccc(Cl)cc2)cc1. The molecule has 0 bridgehead atoms. The van der Waals surface area contributed by atoms with Crippen LogP contribution in [0.3, 0.4) is 0 Å².